The first-order chi connectivity index (χ1) is 18.9. The van der Waals surface area contributed by atoms with Gasteiger partial charge in [-0.05, 0) is 15.4 Å². The molecule has 0 bridgehead atoms. The van der Waals surface area contributed by atoms with E-state index in [4.69, 9.17) is 18.6 Å². The quantitative estimate of drug-likeness (QED) is 0.166. The molecule has 2 aromatic rings. The largest absolute Gasteiger partial charge is 0.402 e. The predicted molar refractivity (Wildman–Crippen MR) is 145 cm³/mol. The minimum atomic E-state index is -3.22. The third kappa shape index (κ3) is 5.52. The molecule has 2 aliphatic heterocycles. The fourth-order valence-electron chi connectivity index (χ4n) is 5.59. The standard InChI is InChI=1S/C28H40O11Si/c1-27(2,3)40(17-10-6-4-7-11-17,18-12-8-5-9-13-18)36-16-28(25(35)22(32)20(15-30)38-28)39-26-24(34)23(33)21(31)19(14-29)37-26/h4-13,19-26,29-35H,14-16H2,1-3H3/t19-,20-,21-,22-,23+,24-,25+,26-,28+/m1/s1. The monoisotopic (exact) mass is 580 g/mol. The van der Waals surface area contributed by atoms with E-state index in [1.807, 2.05) is 81.4 Å². The number of rotatable bonds is 9. The Balaban J connectivity index is 1.78. The van der Waals surface area contributed by atoms with Crippen LogP contribution in [0.1, 0.15) is 20.8 Å². The SMILES string of the molecule is CC(C)(C)[Si](OC[C@@]1(O[C@H]2O[C@H](CO)[C@@H](O)[C@H](O)[C@H]2O)O[C@H](CO)[C@@H](O)[C@@H]1O)(c1ccccc1)c1ccccc1. The zero-order chi connectivity index (χ0) is 29.3. The molecule has 2 aliphatic rings. The minimum Gasteiger partial charge on any atom is -0.402 e. The number of hydrogen-bond acceptors (Lipinski definition) is 11. The van der Waals surface area contributed by atoms with E-state index in [0.29, 0.717) is 0 Å². The highest BCUT2D eigenvalue weighted by atomic mass is 28.4. The summed E-state index contributed by atoms with van der Waals surface area (Å²) < 4.78 is 24.3. The van der Waals surface area contributed by atoms with Gasteiger partial charge in [0.1, 0.15) is 42.7 Å². The van der Waals surface area contributed by atoms with Gasteiger partial charge in [-0.3, -0.25) is 0 Å². The summed E-state index contributed by atoms with van der Waals surface area (Å²) >= 11 is 0. The van der Waals surface area contributed by atoms with Crippen molar-refractivity contribution in [2.24, 2.45) is 0 Å². The summed E-state index contributed by atoms with van der Waals surface area (Å²) in [5.41, 5.74) is 0. The van der Waals surface area contributed by atoms with Crippen LogP contribution in [0.3, 0.4) is 0 Å². The highest BCUT2D eigenvalue weighted by Gasteiger charge is 2.61. The highest BCUT2D eigenvalue weighted by molar-refractivity contribution is 6.99. The number of hydrogen-bond donors (Lipinski definition) is 7. The molecule has 222 valence electrons. The van der Waals surface area contributed by atoms with Gasteiger partial charge in [0.15, 0.2) is 6.29 Å². The molecule has 9 atom stereocenters. The van der Waals surface area contributed by atoms with Gasteiger partial charge in [-0.25, -0.2) is 0 Å². The minimum absolute atomic E-state index is 0.468. The lowest BCUT2D eigenvalue weighted by Gasteiger charge is -2.47. The molecule has 0 saturated carbocycles. The maximum absolute atomic E-state index is 11.2. The Labute approximate surface area is 234 Å². The molecule has 4 rings (SSSR count). The Bertz CT molecular complexity index is 1040. The van der Waals surface area contributed by atoms with Crippen molar-refractivity contribution in [1.29, 1.82) is 0 Å². The van der Waals surface area contributed by atoms with Crippen LogP contribution in [0.4, 0.5) is 0 Å². The molecule has 0 radical (unpaired) electrons. The number of aliphatic hydroxyl groups excluding tert-OH is 7. The van der Waals surface area contributed by atoms with Gasteiger partial charge in [-0.1, -0.05) is 81.4 Å². The van der Waals surface area contributed by atoms with Crippen LogP contribution in [-0.4, -0.2) is 119 Å². The maximum Gasteiger partial charge on any atom is 0.261 e. The first kappa shape index (κ1) is 31.2. The summed E-state index contributed by atoms with van der Waals surface area (Å²) in [6, 6.07) is 19.3. The molecule has 7 N–H and O–H groups in total. The molecule has 12 heteroatoms. The Morgan fingerprint density at radius 3 is 1.73 bits per heavy atom. The van der Waals surface area contributed by atoms with E-state index in [-0.39, 0.29) is 0 Å². The Kier molecular flexibility index (Phi) is 9.52. The third-order valence-corrected chi connectivity index (χ3v) is 12.7. The van der Waals surface area contributed by atoms with E-state index in [1.54, 1.807) is 0 Å². The maximum atomic E-state index is 11.2. The first-order valence-corrected chi connectivity index (χ1v) is 15.2. The normalized spacial score (nSPS) is 35.1. The van der Waals surface area contributed by atoms with Crippen LogP contribution in [0.5, 0.6) is 0 Å². The van der Waals surface area contributed by atoms with Crippen molar-refractivity contribution in [2.45, 2.75) is 80.6 Å². The van der Waals surface area contributed by atoms with Gasteiger partial charge in [-0.15, -0.1) is 0 Å². The summed E-state index contributed by atoms with van der Waals surface area (Å²) in [6.07, 6.45) is -12.8. The Morgan fingerprint density at radius 2 is 1.27 bits per heavy atom. The molecular weight excluding hydrogens is 540 g/mol. The van der Waals surface area contributed by atoms with Gasteiger partial charge < -0.3 is 54.4 Å². The first-order valence-electron chi connectivity index (χ1n) is 13.3. The number of aliphatic hydroxyl groups is 7. The topological polar surface area (TPSA) is 179 Å². The zero-order valence-corrected chi connectivity index (χ0v) is 23.8. The van der Waals surface area contributed by atoms with Crippen LogP contribution < -0.4 is 10.4 Å². The lowest BCUT2D eigenvalue weighted by molar-refractivity contribution is -0.382. The van der Waals surface area contributed by atoms with Crippen molar-refractivity contribution < 1.29 is 54.4 Å². The number of ether oxygens (including phenoxy) is 3. The molecule has 0 amide bonds. The molecule has 11 nitrogen and oxygen atoms in total. The molecule has 0 aromatic heterocycles. The highest BCUT2D eigenvalue weighted by Crippen LogP contribution is 2.41. The summed E-state index contributed by atoms with van der Waals surface area (Å²) in [4.78, 5) is 0. The van der Waals surface area contributed by atoms with Crippen LogP contribution in [0, 0.1) is 0 Å². The number of benzene rings is 2. The molecule has 2 fully saturated rings. The Morgan fingerprint density at radius 1 is 0.750 bits per heavy atom. The van der Waals surface area contributed by atoms with Crippen LogP contribution in [0.25, 0.3) is 0 Å². The van der Waals surface area contributed by atoms with Gasteiger partial charge in [0.2, 0.25) is 5.79 Å². The van der Waals surface area contributed by atoms with Gasteiger partial charge >= 0.3 is 0 Å². The second-order valence-electron chi connectivity index (χ2n) is 11.4. The van der Waals surface area contributed by atoms with Crippen LogP contribution >= 0.6 is 0 Å². The van der Waals surface area contributed by atoms with Gasteiger partial charge in [0, 0.05) is 0 Å². The summed E-state index contributed by atoms with van der Waals surface area (Å²) in [5.74, 6) is -2.17. The third-order valence-electron chi connectivity index (χ3n) is 7.76. The molecule has 0 aliphatic carbocycles. The fraction of sp³-hybridized carbons (Fsp3) is 0.571. The van der Waals surface area contributed by atoms with E-state index < -0.39 is 88.0 Å². The zero-order valence-electron chi connectivity index (χ0n) is 22.8. The van der Waals surface area contributed by atoms with Crippen LogP contribution in [0.2, 0.25) is 5.04 Å². The predicted octanol–water partition coefficient (Wildman–Crippen LogP) is -1.81. The average Bonchev–Trinajstić information content (AvgIpc) is 3.19. The second kappa shape index (κ2) is 12.2. The fourth-order valence-corrected chi connectivity index (χ4v) is 10.2. The van der Waals surface area contributed by atoms with Crippen molar-refractivity contribution in [1.82, 2.24) is 0 Å². The van der Waals surface area contributed by atoms with E-state index >= 15 is 0 Å². The van der Waals surface area contributed by atoms with Gasteiger partial charge in [-0.2, -0.15) is 0 Å². The molecular formula is C28H40O11Si. The lowest BCUT2D eigenvalue weighted by atomic mass is 9.99. The van der Waals surface area contributed by atoms with E-state index in [0.717, 1.165) is 10.4 Å². The van der Waals surface area contributed by atoms with Crippen LogP contribution in [0.15, 0.2) is 60.7 Å². The summed E-state index contributed by atoms with van der Waals surface area (Å²) in [6.45, 7) is 4.31. The average molecular weight is 581 g/mol. The second-order valence-corrected chi connectivity index (χ2v) is 15.7. The Hall–Kier alpha value is -1.78. The molecule has 0 unspecified atom stereocenters. The van der Waals surface area contributed by atoms with Crippen molar-refractivity contribution in [2.75, 3.05) is 19.8 Å². The summed E-state index contributed by atoms with van der Waals surface area (Å²) in [5, 5.41) is 74.0. The molecule has 2 saturated heterocycles. The van der Waals surface area contributed by atoms with Gasteiger partial charge in [0.25, 0.3) is 8.32 Å². The van der Waals surface area contributed by atoms with E-state index in [1.165, 1.54) is 0 Å². The molecule has 40 heavy (non-hydrogen) atoms. The van der Waals surface area contributed by atoms with E-state index in [9.17, 15) is 35.7 Å². The lowest BCUT2D eigenvalue weighted by Crippen LogP contribution is -2.69. The van der Waals surface area contributed by atoms with Gasteiger partial charge in [0.05, 0.1) is 19.8 Å². The van der Waals surface area contributed by atoms with E-state index in [2.05, 4.69) is 0 Å². The molecule has 2 aromatic carbocycles. The van der Waals surface area contributed by atoms with Crippen molar-refractivity contribution in [3.8, 4) is 0 Å². The summed E-state index contributed by atoms with van der Waals surface area (Å²) in [7, 11) is -3.22. The van der Waals surface area contributed by atoms with Crippen molar-refractivity contribution >= 4 is 18.7 Å². The van der Waals surface area contributed by atoms with Crippen molar-refractivity contribution in [3.05, 3.63) is 60.7 Å². The smallest absolute Gasteiger partial charge is 0.261 e. The molecule has 0 spiro atoms. The van der Waals surface area contributed by atoms with Crippen molar-refractivity contribution in [3.63, 3.8) is 0 Å². The van der Waals surface area contributed by atoms with Crippen LogP contribution in [-0.2, 0) is 18.6 Å². The molecule has 2 heterocycles.